The summed E-state index contributed by atoms with van der Waals surface area (Å²) in [6.45, 7) is 3.15. The molecule has 0 bridgehead atoms. The lowest BCUT2D eigenvalue weighted by atomic mass is 9.92. The van der Waals surface area contributed by atoms with Crippen molar-refractivity contribution in [1.82, 2.24) is 4.90 Å². The maximum Gasteiger partial charge on any atom is 0.303 e. The predicted molar refractivity (Wildman–Crippen MR) is 79.0 cm³/mol. The van der Waals surface area contributed by atoms with E-state index >= 15 is 0 Å². The summed E-state index contributed by atoms with van der Waals surface area (Å²) in [5.41, 5.74) is 1.33. The molecule has 1 aliphatic heterocycles. The molecule has 0 saturated carbocycles. The van der Waals surface area contributed by atoms with Gasteiger partial charge in [0.1, 0.15) is 0 Å². The number of carboxylic acids is 1. The van der Waals surface area contributed by atoms with Gasteiger partial charge in [-0.1, -0.05) is 28.1 Å². The number of nitrogens with zero attached hydrogens (tertiary/aromatic N) is 1. The Morgan fingerprint density at radius 2 is 2.11 bits per heavy atom. The van der Waals surface area contributed by atoms with Crippen LogP contribution >= 0.6 is 15.9 Å². The summed E-state index contributed by atoms with van der Waals surface area (Å²) in [7, 11) is 0. The summed E-state index contributed by atoms with van der Waals surface area (Å²) in [6.07, 6.45) is 3.40. The van der Waals surface area contributed by atoms with Crippen molar-refractivity contribution in [3.8, 4) is 0 Å². The Balaban J connectivity index is 1.75. The molecule has 1 heterocycles. The van der Waals surface area contributed by atoms with Gasteiger partial charge in [0.25, 0.3) is 0 Å². The SMILES string of the molecule is O=C(O)CCC1CCN(Cc2cccc(Br)c2)CC1. The number of hydrogen-bond acceptors (Lipinski definition) is 2. The van der Waals surface area contributed by atoms with Gasteiger partial charge in [-0.15, -0.1) is 0 Å². The molecule has 0 atom stereocenters. The number of benzene rings is 1. The molecule has 0 aromatic heterocycles. The number of halogens is 1. The highest BCUT2D eigenvalue weighted by Crippen LogP contribution is 2.23. The van der Waals surface area contributed by atoms with Crippen LogP contribution in [0, 0.1) is 5.92 Å². The van der Waals surface area contributed by atoms with Crippen molar-refractivity contribution in [2.75, 3.05) is 13.1 Å². The normalized spacial score (nSPS) is 17.5. The second-order valence-electron chi connectivity index (χ2n) is 5.28. The van der Waals surface area contributed by atoms with Crippen LogP contribution in [0.1, 0.15) is 31.2 Å². The second-order valence-corrected chi connectivity index (χ2v) is 6.20. The number of carbonyl (C=O) groups is 1. The summed E-state index contributed by atoms with van der Waals surface area (Å²) in [4.78, 5) is 13.0. The van der Waals surface area contributed by atoms with E-state index in [1.165, 1.54) is 5.56 Å². The van der Waals surface area contributed by atoms with E-state index in [-0.39, 0.29) is 0 Å². The molecule has 1 aliphatic rings. The molecule has 104 valence electrons. The number of carboxylic acid groups (broad SMARTS) is 1. The fraction of sp³-hybridized carbons (Fsp3) is 0.533. The van der Waals surface area contributed by atoms with Gasteiger partial charge in [-0.3, -0.25) is 9.69 Å². The van der Waals surface area contributed by atoms with Crippen LogP contribution in [0.5, 0.6) is 0 Å². The predicted octanol–water partition coefficient (Wildman–Crippen LogP) is 3.53. The van der Waals surface area contributed by atoms with Gasteiger partial charge in [0.15, 0.2) is 0 Å². The average Bonchev–Trinajstić information content (AvgIpc) is 2.38. The molecule has 3 nitrogen and oxygen atoms in total. The Morgan fingerprint density at radius 3 is 2.74 bits per heavy atom. The minimum atomic E-state index is -0.670. The maximum absolute atomic E-state index is 10.6. The van der Waals surface area contributed by atoms with Gasteiger partial charge in [0, 0.05) is 17.4 Å². The van der Waals surface area contributed by atoms with Crippen molar-refractivity contribution in [2.45, 2.75) is 32.2 Å². The van der Waals surface area contributed by atoms with Crippen molar-refractivity contribution in [2.24, 2.45) is 5.92 Å². The molecular weight excluding hydrogens is 306 g/mol. The average molecular weight is 326 g/mol. The van der Waals surface area contributed by atoms with E-state index in [0.29, 0.717) is 12.3 Å². The van der Waals surface area contributed by atoms with E-state index in [1.807, 2.05) is 6.07 Å². The zero-order valence-corrected chi connectivity index (χ0v) is 12.6. The first kappa shape index (κ1) is 14.5. The van der Waals surface area contributed by atoms with Gasteiger partial charge in [-0.2, -0.15) is 0 Å². The Kier molecular flexibility index (Phi) is 5.40. The van der Waals surface area contributed by atoms with Gasteiger partial charge in [-0.25, -0.2) is 0 Å². The van der Waals surface area contributed by atoms with Gasteiger partial charge < -0.3 is 5.11 Å². The first-order chi connectivity index (χ1) is 9.13. The summed E-state index contributed by atoms with van der Waals surface area (Å²) in [5, 5.41) is 8.70. The number of likely N-dealkylation sites (tertiary alicyclic amines) is 1. The smallest absolute Gasteiger partial charge is 0.303 e. The molecule has 0 aliphatic carbocycles. The standard InChI is InChI=1S/C15H20BrNO2/c16-14-3-1-2-13(10-14)11-17-8-6-12(7-9-17)4-5-15(18)19/h1-3,10,12H,4-9,11H2,(H,18,19). The number of piperidine rings is 1. The minimum absolute atomic E-state index is 0.316. The molecule has 19 heavy (non-hydrogen) atoms. The molecule has 2 rings (SSSR count). The molecule has 0 amide bonds. The van der Waals surface area contributed by atoms with Crippen molar-refractivity contribution >= 4 is 21.9 Å². The number of hydrogen-bond donors (Lipinski definition) is 1. The quantitative estimate of drug-likeness (QED) is 0.900. The van der Waals surface area contributed by atoms with Gasteiger partial charge in [0.2, 0.25) is 0 Å². The third-order valence-corrected chi connectivity index (χ3v) is 4.26. The number of aliphatic carboxylic acids is 1. The van der Waals surface area contributed by atoms with Crippen LogP contribution in [0.25, 0.3) is 0 Å². The number of rotatable bonds is 5. The molecule has 1 aromatic carbocycles. The van der Waals surface area contributed by atoms with Crippen molar-refractivity contribution < 1.29 is 9.90 Å². The van der Waals surface area contributed by atoms with Gasteiger partial charge in [-0.05, 0) is 56.0 Å². The fourth-order valence-electron chi connectivity index (χ4n) is 2.65. The van der Waals surface area contributed by atoms with E-state index in [0.717, 1.165) is 43.4 Å². The van der Waals surface area contributed by atoms with Crippen LogP contribution in [-0.4, -0.2) is 29.1 Å². The minimum Gasteiger partial charge on any atom is -0.481 e. The lowest BCUT2D eigenvalue weighted by Gasteiger charge is -2.31. The van der Waals surface area contributed by atoms with Crippen LogP contribution in [0.4, 0.5) is 0 Å². The monoisotopic (exact) mass is 325 g/mol. The molecule has 0 unspecified atom stereocenters. The summed E-state index contributed by atoms with van der Waals surface area (Å²) >= 11 is 3.50. The molecule has 1 N–H and O–H groups in total. The van der Waals surface area contributed by atoms with E-state index in [1.54, 1.807) is 0 Å². The Labute approximate surface area is 122 Å². The van der Waals surface area contributed by atoms with Gasteiger partial charge >= 0.3 is 5.97 Å². The zero-order chi connectivity index (χ0) is 13.7. The van der Waals surface area contributed by atoms with E-state index in [9.17, 15) is 4.79 Å². The summed E-state index contributed by atoms with van der Waals surface area (Å²) < 4.78 is 1.13. The van der Waals surface area contributed by atoms with Crippen molar-refractivity contribution in [3.05, 3.63) is 34.3 Å². The first-order valence-corrected chi connectivity index (χ1v) is 7.61. The highest BCUT2D eigenvalue weighted by atomic mass is 79.9. The van der Waals surface area contributed by atoms with Crippen LogP contribution in [0.3, 0.4) is 0 Å². The molecule has 0 radical (unpaired) electrons. The Bertz CT molecular complexity index is 428. The topological polar surface area (TPSA) is 40.5 Å². The second kappa shape index (κ2) is 7.06. The third kappa shape index (κ3) is 4.96. The van der Waals surface area contributed by atoms with Crippen molar-refractivity contribution in [3.63, 3.8) is 0 Å². The first-order valence-electron chi connectivity index (χ1n) is 6.82. The molecular formula is C15H20BrNO2. The maximum atomic E-state index is 10.6. The summed E-state index contributed by atoms with van der Waals surface area (Å²) in [5.74, 6) is -0.0774. The van der Waals surface area contributed by atoms with E-state index < -0.39 is 5.97 Å². The lowest BCUT2D eigenvalue weighted by Crippen LogP contribution is -2.33. The van der Waals surface area contributed by atoms with Crippen LogP contribution in [0.15, 0.2) is 28.7 Å². The zero-order valence-electron chi connectivity index (χ0n) is 11.0. The molecule has 4 heteroatoms. The van der Waals surface area contributed by atoms with Crippen LogP contribution in [-0.2, 0) is 11.3 Å². The Morgan fingerprint density at radius 1 is 1.37 bits per heavy atom. The van der Waals surface area contributed by atoms with E-state index in [2.05, 4.69) is 39.0 Å². The third-order valence-electron chi connectivity index (χ3n) is 3.77. The Hall–Kier alpha value is -0.870. The molecule has 0 spiro atoms. The van der Waals surface area contributed by atoms with Crippen LogP contribution < -0.4 is 0 Å². The summed E-state index contributed by atoms with van der Waals surface area (Å²) in [6, 6.07) is 8.43. The fourth-order valence-corrected chi connectivity index (χ4v) is 3.10. The highest BCUT2D eigenvalue weighted by Gasteiger charge is 2.19. The lowest BCUT2D eigenvalue weighted by molar-refractivity contribution is -0.137. The van der Waals surface area contributed by atoms with Crippen LogP contribution in [0.2, 0.25) is 0 Å². The van der Waals surface area contributed by atoms with Crippen molar-refractivity contribution in [1.29, 1.82) is 0 Å². The largest absolute Gasteiger partial charge is 0.481 e. The molecule has 1 saturated heterocycles. The van der Waals surface area contributed by atoms with E-state index in [4.69, 9.17) is 5.11 Å². The highest BCUT2D eigenvalue weighted by molar-refractivity contribution is 9.10. The molecule has 1 aromatic rings. The van der Waals surface area contributed by atoms with Gasteiger partial charge in [0.05, 0.1) is 0 Å². The molecule has 1 fully saturated rings.